The van der Waals surface area contributed by atoms with Crippen LogP contribution in [0.2, 0.25) is 0 Å². The van der Waals surface area contributed by atoms with Crippen LogP contribution < -0.4 is 10.1 Å². The van der Waals surface area contributed by atoms with Crippen molar-refractivity contribution in [1.29, 1.82) is 0 Å². The van der Waals surface area contributed by atoms with Gasteiger partial charge >= 0.3 is 12.2 Å². The Bertz CT molecular complexity index is 2100. The van der Waals surface area contributed by atoms with Crippen LogP contribution in [0.15, 0.2) is 54.9 Å². The molecular formula is C41H47F3N8O3. The molecule has 55 heavy (non-hydrogen) atoms. The minimum absolute atomic E-state index is 0.0519. The molecule has 14 heteroatoms. The molecule has 1 unspecified atom stereocenters. The molecule has 11 nitrogen and oxygen atoms in total. The molecule has 1 aromatic carbocycles. The number of fused-ring (bicyclic) bond motifs is 2. The number of H-pyrrole nitrogens is 1. The zero-order valence-corrected chi connectivity index (χ0v) is 31.3. The van der Waals surface area contributed by atoms with Gasteiger partial charge in [0, 0.05) is 88.3 Å². The third-order valence-electron chi connectivity index (χ3n) is 11.4. The molecule has 0 spiro atoms. The Morgan fingerprint density at radius 3 is 2.49 bits per heavy atom. The first kappa shape index (κ1) is 37.0. The molecular weight excluding hydrogens is 709 g/mol. The highest BCUT2D eigenvalue weighted by molar-refractivity contribution is 5.90. The fourth-order valence-corrected chi connectivity index (χ4v) is 8.01. The first-order chi connectivity index (χ1) is 26.6. The number of likely N-dealkylation sites (N-methyl/N-ethyl adjacent to an activating group) is 1. The number of amides is 3. The number of anilines is 1. The molecule has 1 saturated carbocycles. The number of hydrogen-bond acceptors (Lipinski definition) is 7. The van der Waals surface area contributed by atoms with Crippen molar-refractivity contribution in [2.24, 2.45) is 5.92 Å². The van der Waals surface area contributed by atoms with Crippen LogP contribution in [-0.4, -0.2) is 98.8 Å². The zero-order valence-electron chi connectivity index (χ0n) is 31.3. The summed E-state index contributed by atoms with van der Waals surface area (Å²) in [6.45, 7) is 10.2. The Morgan fingerprint density at radius 2 is 1.78 bits per heavy atom. The van der Waals surface area contributed by atoms with E-state index >= 15 is 0 Å². The van der Waals surface area contributed by atoms with E-state index in [2.05, 4.69) is 33.2 Å². The normalized spacial score (nSPS) is 19.7. The number of urea groups is 1. The van der Waals surface area contributed by atoms with Gasteiger partial charge in [-0.3, -0.25) is 14.7 Å². The molecule has 3 aromatic heterocycles. The van der Waals surface area contributed by atoms with E-state index in [-0.39, 0.29) is 42.1 Å². The van der Waals surface area contributed by atoms with E-state index in [0.717, 1.165) is 79.3 Å². The van der Waals surface area contributed by atoms with E-state index in [0.29, 0.717) is 49.9 Å². The number of aromatic nitrogens is 3. The van der Waals surface area contributed by atoms with E-state index in [1.54, 1.807) is 29.4 Å². The zero-order chi connectivity index (χ0) is 38.3. The number of nitrogens with one attached hydrogen (secondary N) is 2. The van der Waals surface area contributed by atoms with Gasteiger partial charge < -0.3 is 29.7 Å². The fourth-order valence-electron chi connectivity index (χ4n) is 8.01. The SMILES string of the molecule is CCC1CN(C(=O)Nc2ccc(CN3CCN(CC)CC3)c(C(F)(F)F)c2)Cc2cc(Oc3ccnc4[nH]c(C5=CCN(C(=O)C6CC6)CC5)cc34)cnc21. The number of hydrogen-bond donors (Lipinski definition) is 2. The summed E-state index contributed by atoms with van der Waals surface area (Å²) in [7, 11) is 0. The monoisotopic (exact) mass is 756 g/mol. The number of nitrogens with zero attached hydrogens (tertiary/aromatic N) is 6. The predicted molar refractivity (Wildman–Crippen MR) is 204 cm³/mol. The molecule has 1 saturated heterocycles. The number of aromatic amines is 1. The minimum atomic E-state index is -4.56. The smallest absolute Gasteiger partial charge is 0.416 e. The van der Waals surface area contributed by atoms with Gasteiger partial charge in [-0.1, -0.05) is 26.0 Å². The second-order valence-corrected chi connectivity index (χ2v) is 15.1. The van der Waals surface area contributed by atoms with E-state index < -0.39 is 17.8 Å². The number of benzene rings is 1. The van der Waals surface area contributed by atoms with Gasteiger partial charge in [-0.15, -0.1) is 0 Å². The van der Waals surface area contributed by atoms with Crippen molar-refractivity contribution in [1.82, 2.24) is 34.6 Å². The highest BCUT2D eigenvalue weighted by atomic mass is 19.4. The van der Waals surface area contributed by atoms with Crippen molar-refractivity contribution in [3.05, 3.63) is 82.9 Å². The molecule has 0 bridgehead atoms. The molecule has 6 heterocycles. The van der Waals surface area contributed by atoms with Gasteiger partial charge in [-0.05, 0) is 79.3 Å². The predicted octanol–water partition coefficient (Wildman–Crippen LogP) is 7.47. The van der Waals surface area contributed by atoms with Crippen LogP contribution in [-0.2, 0) is 24.1 Å². The summed E-state index contributed by atoms with van der Waals surface area (Å²) >= 11 is 0. The van der Waals surface area contributed by atoms with Crippen molar-refractivity contribution in [2.45, 2.75) is 64.7 Å². The lowest BCUT2D eigenvalue weighted by atomic mass is 9.92. The molecule has 0 radical (unpaired) electrons. The van der Waals surface area contributed by atoms with Gasteiger partial charge in [0.1, 0.15) is 17.1 Å². The standard InChI is InChI=1S/C41H47F3N8O3/c1-3-26-24-52(40(54)47-31-8-7-29(34(20-31)41(42,43)44)23-50-17-15-49(4-2)16-18-50)25-30-19-32(22-46-37(26)30)55-36-9-12-45-38-33(36)21-35(48-38)27-10-13-51(14-11-27)39(53)28-5-6-28/h7-10,12,19-22,26,28H,3-6,11,13-18,23-25H2,1-2H3,(H,45,48)(H,47,54). The largest absolute Gasteiger partial charge is 0.455 e. The Morgan fingerprint density at radius 1 is 0.982 bits per heavy atom. The topological polar surface area (TPSA) is 110 Å². The number of carbonyl (C=O) groups is 2. The highest BCUT2D eigenvalue weighted by Crippen LogP contribution is 2.38. The summed E-state index contributed by atoms with van der Waals surface area (Å²) in [6, 6.07) is 9.33. The number of ether oxygens (including phenoxy) is 1. The van der Waals surface area contributed by atoms with Crippen molar-refractivity contribution in [3.8, 4) is 11.5 Å². The molecule has 4 aliphatic rings. The van der Waals surface area contributed by atoms with Crippen molar-refractivity contribution >= 4 is 34.2 Å². The van der Waals surface area contributed by atoms with Gasteiger partial charge in [0.15, 0.2) is 0 Å². The number of carbonyl (C=O) groups excluding carboxylic acids is 2. The number of alkyl halides is 3. The van der Waals surface area contributed by atoms with Crippen molar-refractivity contribution < 1.29 is 27.5 Å². The Labute approximate surface area is 318 Å². The van der Waals surface area contributed by atoms with Crippen molar-refractivity contribution in [3.63, 3.8) is 0 Å². The summed E-state index contributed by atoms with van der Waals surface area (Å²) in [4.78, 5) is 46.8. The molecule has 1 atom stereocenters. The molecule has 3 aliphatic heterocycles. The fraction of sp³-hybridized carbons (Fsp3) is 0.463. The molecule has 2 N–H and O–H groups in total. The van der Waals surface area contributed by atoms with Gasteiger partial charge in [0.05, 0.1) is 22.8 Å². The quantitative estimate of drug-likeness (QED) is 0.182. The highest BCUT2D eigenvalue weighted by Gasteiger charge is 2.36. The van der Waals surface area contributed by atoms with Crippen LogP contribution in [0.25, 0.3) is 16.6 Å². The van der Waals surface area contributed by atoms with Gasteiger partial charge in [-0.25, -0.2) is 9.78 Å². The first-order valence-corrected chi connectivity index (χ1v) is 19.4. The Balaban J connectivity index is 0.959. The van der Waals surface area contributed by atoms with Crippen LogP contribution in [0.1, 0.15) is 73.5 Å². The summed E-state index contributed by atoms with van der Waals surface area (Å²) in [5.41, 5.74) is 4.03. The Kier molecular flexibility index (Phi) is 10.3. The van der Waals surface area contributed by atoms with E-state index in [1.807, 2.05) is 28.9 Å². The Hall–Kier alpha value is -4.95. The second kappa shape index (κ2) is 15.3. The van der Waals surface area contributed by atoms with Gasteiger partial charge in [-0.2, -0.15) is 13.2 Å². The lowest BCUT2D eigenvalue weighted by Gasteiger charge is -2.34. The third-order valence-corrected chi connectivity index (χ3v) is 11.4. The summed E-state index contributed by atoms with van der Waals surface area (Å²) < 4.78 is 49.3. The average molecular weight is 757 g/mol. The molecule has 2 fully saturated rings. The van der Waals surface area contributed by atoms with Crippen LogP contribution in [0, 0.1) is 5.92 Å². The van der Waals surface area contributed by atoms with Gasteiger partial charge in [0.25, 0.3) is 0 Å². The molecule has 3 amide bonds. The summed E-state index contributed by atoms with van der Waals surface area (Å²) in [5.74, 6) is 1.51. The maximum absolute atomic E-state index is 14.3. The van der Waals surface area contributed by atoms with Crippen molar-refractivity contribution in [2.75, 3.05) is 57.7 Å². The lowest BCUT2D eigenvalue weighted by Crippen LogP contribution is -2.45. The van der Waals surface area contributed by atoms with E-state index in [4.69, 9.17) is 9.72 Å². The number of pyridine rings is 2. The third kappa shape index (κ3) is 8.06. The molecule has 1 aliphatic carbocycles. The maximum atomic E-state index is 14.3. The number of halogens is 3. The van der Waals surface area contributed by atoms with E-state index in [9.17, 15) is 22.8 Å². The first-order valence-electron chi connectivity index (χ1n) is 19.4. The lowest BCUT2D eigenvalue weighted by molar-refractivity contribution is -0.138. The van der Waals surface area contributed by atoms with Gasteiger partial charge in [0.2, 0.25) is 5.91 Å². The summed E-state index contributed by atoms with van der Waals surface area (Å²) in [6.07, 6.45) is 4.39. The summed E-state index contributed by atoms with van der Waals surface area (Å²) in [5, 5.41) is 3.55. The minimum Gasteiger partial charge on any atom is -0.455 e. The average Bonchev–Trinajstić information content (AvgIpc) is 3.95. The maximum Gasteiger partial charge on any atom is 0.416 e. The van der Waals surface area contributed by atoms with Crippen LogP contribution in [0.3, 0.4) is 0 Å². The number of rotatable bonds is 9. The molecule has 4 aromatic rings. The van der Waals surface area contributed by atoms with Crippen LogP contribution >= 0.6 is 0 Å². The van der Waals surface area contributed by atoms with Crippen LogP contribution in [0.5, 0.6) is 11.5 Å². The van der Waals surface area contributed by atoms with Crippen LogP contribution in [0.4, 0.5) is 23.7 Å². The number of piperazine rings is 1. The van der Waals surface area contributed by atoms with E-state index in [1.165, 1.54) is 6.07 Å². The second-order valence-electron chi connectivity index (χ2n) is 15.1. The molecule has 8 rings (SSSR count). The molecule has 290 valence electrons.